The van der Waals surface area contributed by atoms with Gasteiger partial charge in [0.2, 0.25) is 0 Å². The number of aromatic nitrogens is 4. The normalized spacial score (nSPS) is 14.0. The highest BCUT2D eigenvalue weighted by molar-refractivity contribution is 6.15. The predicted molar refractivity (Wildman–Crippen MR) is 317 cm³/mol. The van der Waals surface area contributed by atoms with Crippen LogP contribution >= 0.6 is 0 Å². The molecule has 0 spiro atoms. The van der Waals surface area contributed by atoms with Crippen molar-refractivity contribution in [1.82, 2.24) is 19.1 Å². The minimum absolute atomic E-state index is 0.182. The molecule has 4 heterocycles. The van der Waals surface area contributed by atoms with Gasteiger partial charge in [-0.1, -0.05) is 210 Å². The summed E-state index contributed by atoms with van der Waals surface area (Å²) >= 11 is 0. The average Bonchev–Trinajstić information content (AvgIpc) is 4.17. The van der Waals surface area contributed by atoms with E-state index in [0.717, 1.165) is 77.9 Å². The summed E-state index contributed by atoms with van der Waals surface area (Å²) in [5.41, 5.74) is 22.7. The second kappa shape index (κ2) is 15.6. The molecule has 0 bridgehead atoms. The SMILES string of the molecule is CC1(C)c2ccccc2-c2ccc3c4cc(-c5cccc(-c6cccc7nc(-n8c9ccccc9c9ccc%10c(c98)C(C)(C)c8ccccc8-%10)ccc67)c5)ccc4n(-c4cc5ccccc5c(-c5ccccc5)n4)c3c21. The molecule has 0 saturated carbocycles. The van der Waals surface area contributed by atoms with E-state index >= 15 is 0 Å². The Balaban J connectivity index is 0.855. The van der Waals surface area contributed by atoms with E-state index in [-0.39, 0.29) is 10.8 Å². The molecule has 0 saturated heterocycles. The van der Waals surface area contributed by atoms with Crippen LogP contribution in [0.3, 0.4) is 0 Å². The van der Waals surface area contributed by atoms with Gasteiger partial charge in [-0.15, -0.1) is 0 Å². The van der Waals surface area contributed by atoms with Crippen molar-refractivity contribution < 1.29 is 0 Å². The quantitative estimate of drug-likeness (QED) is 0.172. The molecule has 16 rings (SSSR count). The molecule has 0 atom stereocenters. The largest absolute Gasteiger partial charge is 0.293 e. The van der Waals surface area contributed by atoms with E-state index in [4.69, 9.17) is 9.97 Å². The lowest BCUT2D eigenvalue weighted by atomic mass is 9.81. The molecule has 0 unspecified atom stereocenters. The van der Waals surface area contributed by atoms with Crippen LogP contribution in [0.15, 0.2) is 231 Å². The number of hydrogen-bond acceptors (Lipinski definition) is 2. The van der Waals surface area contributed by atoms with E-state index in [1.807, 2.05) is 0 Å². The Morgan fingerprint density at radius 3 is 1.62 bits per heavy atom. The highest BCUT2D eigenvalue weighted by Crippen LogP contribution is 2.55. The van der Waals surface area contributed by atoms with Gasteiger partial charge in [-0.2, -0.15) is 0 Å². The zero-order chi connectivity index (χ0) is 50.6. The van der Waals surface area contributed by atoms with E-state index in [9.17, 15) is 0 Å². The van der Waals surface area contributed by atoms with Crippen LogP contribution < -0.4 is 0 Å². The van der Waals surface area contributed by atoms with Gasteiger partial charge in [0.25, 0.3) is 0 Å². The molecule has 0 radical (unpaired) electrons. The van der Waals surface area contributed by atoms with Gasteiger partial charge in [0.15, 0.2) is 0 Å². The maximum absolute atomic E-state index is 5.62. The van der Waals surface area contributed by atoms with Crippen molar-refractivity contribution in [3.8, 4) is 67.4 Å². The second-order valence-corrected chi connectivity index (χ2v) is 22.1. The van der Waals surface area contributed by atoms with Crippen molar-refractivity contribution in [3.05, 3.63) is 253 Å². The molecule has 14 aromatic rings. The van der Waals surface area contributed by atoms with Gasteiger partial charge in [-0.05, 0) is 121 Å². The van der Waals surface area contributed by atoms with Crippen LogP contribution in [0, 0.1) is 0 Å². The molecule has 0 fully saturated rings. The van der Waals surface area contributed by atoms with Crippen molar-refractivity contribution in [2.24, 2.45) is 0 Å². The first-order chi connectivity index (χ1) is 37.2. The molecule has 4 heteroatoms. The highest BCUT2D eigenvalue weighted by Gasteiger charge is 2.40. The van der Waals surface area contributed by atoms with Crippen LogP contribution in [-0.2, 0) is 10.8 Å². The summed E-state index contributed by atoms with van der Waals surface area (Å²) in [7, 11) is 0. The van der Waals surface area contributed by atoms with Crippen LogP contribution in [0.2, 0.25) is 0 Å². The van der Waals surface area contributed by atoms with E-state index < -0.39 is 0 Å². The molecule has 4 nitrogen and oxygen atoms in total. The Morgan fingerprint density at radius 1 is 0.316 bits per heavy atom. The van der Waals surface area contributed by atoms with E-state index in [0.29, 0.717) is 0 Å². The topological polar surface area (TPSA) is 35.6 Å². The van der Waals surface area contributed by atoms with Gasteiger partial charge in [-0.3, -0.25) is 9.13 Å². The maximum atomic E-state index is 5.62. The molecule has 2 aliphatic carbocycles. The minimum atomic E-state index is -0.241. The van der Waals surface area contributed by atoms with Crippen molar-refractivity contribution in [1.29, 1.82) is 0 Å². The fraction of sp³-hybridized carbons (Fsp3) is 0.0833. The molecule has 2 aliphatic rings. The highest BCUT2D eigenvalue weighted by atomic mass is 15.1. The van der Waals surface area contributed by atoms with Crippen molar-refractivity contribution in [3.63, 3.8) is 0 Å². The Labute approximate surface area is 440 Å². The Hall–Kier alpha value is -9.38. The van der Waals surface area contributed by atoms with E-state index in [1.54, 1.807) is 0 Å². The summed E-state index contributed by atoms with van der Waals surface area (Å²) < 4.78 is 4.88. The third kappa shape index (κ3) is 5.90. The van der Waals surface area contributed by atoms with Crippen LogP contribution in [0.25, 0.3) is 133 Å². The summed E-state index contributed by atoms with van der Waals surface area (Å²) in [4.78, 5) is 11.2. The second-order valence-electron chi connectivity index (χ2n) is 22.1. The van der Waals surface area contributed by atoms with Crippen molar-refractivity contribution in [2.75, 3.05) is 0 Å². The first kappa shape index (κ1) is 43.1. The van der Waals surface area contributed by atoms with Gasteiger partial charge in [-0.25, -0.2) is 9.97 Å². The number of benzene rings is 10. The number of para-hydroxylation sites is 1. The summed E-state index contributed by atoms with van der Waals surface area (Å²) in [6.07, 6.45) is 0. The summed E-state index contributed by atoms with van der Waals surface area (Å²) in [6, 6.07) is 84.8. The summed E-state index contributed by atoms with van der Waals surface area (Å²) in [6.45, 7) is 9.52. The molecular formula is C72H50N4. The molecule has 76 heavy (non-hydrogen) atoms. The monoisotopic (exact) mass is 970 g/mol. The third-order valence-electron chi connectivity index (χ3n) is 17.3. The predicted octanol–water partition coefficient (Wildman–Crippen LogP) is 18.6. The van der Waals surface area contributed by atoms with Crippen molar-refractivity contribution in [2.45, 2.75) is 38.5 Å². The number of fused-ring (bicyclic) bond motifs is 16. The first-order valence-electron chi connectivity index (χ1n) is 26.6. The number of rotatable bonds is 5. The fourth-order valence-corrected chi connectivity index (χ4v) is 13.8. The van der Waals surface area contributed by atoms with E-state index in [2.05, 4.69) is 267 Å². The molecule has 10 aromatic carbocycles. The number of nitrogens with zero attached hydrogens (tertiary/aromatic N) is 4. The number of hydrogen-bond donors (Lipinski definition) is 0. The maximum Gasteiger partial charge on any atom is 0.138 e. The van der Waals surface area contributed by atoms with Crippen LogP contribution in [0.4, 0.5) is 0 Å². The summed E-state index contributed by atoms with van der Waals surface area (Å²) in [5.74, 6) is 1.84. The lowest BCUT2D eigenvalue weighted by molar-refractivity contribution is 0.663. The first-order valence-corrected chi connectivity index (χ1v) is 26.6. The van der Waals surface area contributed by atoms with Gasteiger partial charge < -0.3 is 0 Å². The molecule has 0 N–H and O–H groups in total. The van der Waals surface area contributed by atoms with Gasteiger partial charge in [0.1, 0.15) is 11.6 Å². The average molecular weight is 971 g/mol. The summed E-state index contributed by atoms with van der Waals surface area (Å²) in [5, 5.41) is 8.34. The Bertz CT molecular complexity index is 4820. The standard InChI is InChI=1S/C72H50N4/c1-71(2)59-28-13-10-24-50(59)54-33-35-56-53-26-12-15-31-62(53)75(69(56)66(54)71)64-39-37-52-48(27-17-30-61(52)73-64)46-22-16-21-44(40-46)45-32-38-63-58(41-45)57-36-34-55-51-25-11-14-29-60(51)72(3,4)67(55)70(57)76(63)65-42-47-20-8-9-23-49(47)68(74-65)43-18-6-5-7-19-43/h5-42H,1-4H3. The molecule has 358 valence electrons. The van der Waals surface area contributed by atoms with E-state index in [1.165, 1.54) is 77.1 Å². The third-order valence-corrected chi connectivity index (χ3v) is 17.3. The van der Waals surface area contributed by atoms with Crippen molar-refractivity contribution >= 4 is 65.3 Å². The zero-order valence-electron chi connectivity index (χ0n) is 42.7. The van der Waals surface area contributed by atoms with Gasteiger partial charge in [0, 0.05) is 48.7 Å². The smallest absolute Gasteiger partial charge is 0.138 e. The molecule has 4 aromatic heterocycles. The van der Waals surface area contributed by atoms with Gasteiger partial charge in [0.05, 0.1) is 33.3 Å². The molecule has 0 aliphatic heterocycles. The molecule has 0 amide bonds. The number of pyridine rings is 2. The van der Waals surface area contributed by atoms with Crippen LogP contribution in [-0.4, -0.2) is 19.1 Å². The van der Waals surface area contributed by atoms with Crippen LogP contribution in [0.1, 0.15) is 49.9 Å². The van der Waals surface area contributed by atoms with Gasteiger partial charge >= 0.3 is 0 Å². The zero-order valence-corrected chi connectivity index (χ0v) is 42.7. The lowest BCUT2D eigenvalue weighted by Gasteiger charge is -2.23. The van der Waals surface area contributed by atoms with Crippen LogP contribution in [0.5, 0.6) is 0 Å². The fourth-order valence-electron chi connectivity index (χ4n) is 13.8. The molecular weight excluding hydrogens is 921 g/mol. The Kier molecular flexibility index (Phi) is 8.83. The Morgan fingerprint density at radius 2 is 0.868 bits per heavy atom. The minimum Gasteiger partial charge on any atom is -0.293 e. The lowest BCUT2D eigenvalue weighted by Crippen LogP contribution is -2.16.